The third-order valence-corrected chi connectivity index (χ3v) is 3.91. The Morgan fingerprint density at radius 1 is 1.39 bits per heavy atom. The first-order valence-corrected chi connectivity index (χ1v) is 6.41. The standard InChI is InChI=1S/C16H19NO/c1-3-13-8-9-15(16(13)11-18-2)14-6-4-12(10-17)5-7-14/h4-7,9,13,15-16H,1,3,8,11H2,2H3. The third kappa shape index (κ3) is 2.57. The maximum atomic E-state index is 8.82. The first kappa shape index (κ1) is 13.1. The molecular formula is C16H19NO. The minimum atomic E-state index is 0.435. The van der Waals surface area contributed by atoms with Crippen LogP contribution in [0.3, 0.4) is 0 Å². The summed E-state index contributed by atoms with van der Waals surface area (Å²) in [5.41, 5.74) is 2.00. The largest absolute Gasteiger partial charge is 0.384 e. The average molecular weight is 241 g/mol. The second kappa shape index (κ2) is 6.02. The fraction of sp³-hybridized carbons (Fsp3) is 0.438. The van der Waals surface area contributed by atoms with Crippen molar-refractivity contribution in [3.8, 4) is 6.07 Å². The van der Waals surface area contributed by atoms with Gasteiger partial charge in [0.05, 0.1) is 11.6 Å². The van der Waals surface area contributed by atoms with Crippen molar-refractivity contribution >= 4 is 0 Å². The molecule has 3 atom stereocenters. The molecule has 0 bridgehead atoms. The molecule has 1 aromatic rings. The van der Waals surface area contributed by atoms with Crippen LogP contribution in [0.25, 0.3) is 0 Å². The summed E-state index contributed by atoms with van der Waals surface area (Å²) in [7, 11) is 1.76. The van der Waals surface area contributed by atoms with Crippen LogP contribution in [0.1, 0.15) is 29.9 Å². The zero-order valence-corrected chi connectivity index (χ0v) is 10.8. The average Bonchev–Trinajstić information content (AvgIpc) is 2.82. The van der Waals surface area contributed by atoms with Crippen LogP contribution in [0.2, 0.25) is 0 Å². The highest BCUT2D eigenvalue weighted by Crippen LogP contribution is 2.44. The van der Waals surface area contributed by atoms with Crippen molar-refractivity contribution in [3.63, 3.8) is 0 Å². The zero-order chi connectivity index (χ0) is 13.0. The fourth-order valence-electron chi connectivity index (χ4n) is 2.89. The van der Waals surface area contributed by atoms with E-state index in [0.29, 0.717) is 23.3 Å². The van der Waals surface area contributed by atoms with E-state index >= 15 is 0 Å². The van der Waals surface area contributed by atoms with E-state index < -0.39 is 0 Å². The van der Waals surface area contributed by atoms with Crippen molar-refractivity contribution < 1.29 is 4.74 Å². The molecule has 2 nitrogen and oxygen atoms in total. The van der Waals surface area contributed by atoms with E-state index in [1.807, 2.05) is 12.1 Å². The number of nitrogens with zero attached hydrogens (tertiary/aromatic N) is 1. The van der Waals surface area contributed by atoms with E-state index in [9.17, 15) is 0 Å². The summed E-state index contributed by atoms with van der Waals surface area (Å²) in [4.78, 5) is 0. The van der Waals surface area contributed by atoms with Gasteiger partial charge < -0.3 is 4.74 Å². The fourth-order valence-corrected chi connectivity index (χ4v) is 2.89. The van der Waals surface area contributed by atoms with Gasteiger partial charge in [0.25, 0.3) is 0 Å². The Morgan fingerprint density at radius 2 is 2.11 bits per heavy atom. The molecule has 0 heterocycles. The second-order valence-electron chi connectivity index (χ2n) is 4.90. The lowest BCUT2D eigenvalue weighted by Crippen LogP contribution is -2.19. The molecule has 0 spiro atoms. The van der Waals surface area contributed by atoms with Crippen LogP contribution < -0.4 is 0 Å². The third-order valence-electron chi connectivity index (χ3n) is 3.91. The maximum Gasteiger partial charge on any atom is 0.0991 e. The van der Waals surface area contributed by atoms with Crippen LogP contribution >= 0.6 is 0 Å². The summed E-state index contributed by atoms with van der Waals surface area (Å²) in [5, 5.41) is 8.82. The molecule has 1 aliphatic rings. The molecule has 94 valence electrons. The number of hydrogen-bond donors (Lipinski definition) is 0. The van der Waals surface area contributed by atoms with Gasteiger partial charge in [-0.25, -0.2) is 0 Å². The van der Waals surface area contributed by atoms with E-state index in [-0.39, 0.29) is 0 Å². The molecule has 0 aromatic heterocycles. The highest BCUT2D eigenvalue weighted by Gasteiger charge is 2.35. The van der Waals surface area contributed by atoms with Gasteiger partial charge in [-0.15, -0.1) is 0 Å². The van der Waals surface area contributed by atoms with E-state index in [1.165, 1.54) is 5.56 Å². The normalized spacial score (nSPS) is 27.1. The first-order valence-electron chi connectivity index (χ1n) is 6.41. The number of ether oxygens (including phenoxy) is 1. The van der Waals surface area contributed by atoms with Gasteiger partial charge in [0.2, 0.25) is 0 Å². The molecule has 0 aliphatic heterocycles. The van der Waals surface area contributed by atoms with Crippen molar-refractivity contribution in [3.05, 3.63) is 48.7 Å². The highest BCUT2D eigenvalue weighted by molar-refractivity contribution is 5.35. The highest BCUT2D eigenvalue weighted by atomic mass is 16.5. The number of rotatable bonds is 4. The predicted molar refractivity (Wildman–Crippen MR) is 71.6 cm³/mol. The van der Waals surface area contributed by atoms with Crippen LogP contribution in [-0.4, -0.2) is 13.7 Å². The van der Waals surface area contributed by atoms with Crippen molar-refractivity contribution in [1.29, 1.82) is 5.26 Å². The van der Waals surface area contributed by atoms with Gasteiger partial charge in [-0.05, 0) is 48.3 Å². The SMILES string of the molecule is [CH2]CC1C[CH]C(c2ccc(C#N)cc2)C1COC. The smallest absolute Gasteiger partial charge is 0.0991 e. The molecular weight excluding hydrogens is 222 g/mol. The lowest BCUT2D eigenvalue weighted by molar-refractivity contribution is 0.126. The Morgan fingerprint density at radius 3 is 2.67 bits per heavy atom. The quantitative estimate of drug-likeness (QED) is 0.809. The van der Waals surface area contributed by atoms with Crippen LogP contribution in [0.15, 0.2) is 24.3 Å². The number of nitriles is 1. The lowest BCUT2D eigenvalue weighted by atomic mass is 9.84. The Kier molecular flexibility index (Phi) is 4.38. The molecule has 3 unspecified atom stereocenters. The van der Waals surface area contributed by atoms with Gasteiger partial charge in [0.15, 0.2) is 0 Å². The topological polar surface area (TPSA) is 33.0 Å². The van der Waals surface area contributed by atoms with Gasteiger partial charge >= 0.3 is 0 Å². The second-order valence-corrected chi connectivity index (χ2v) is 4.90. The molecule has 0 amide bonds. The Labute approximate surface area is 110 Å². The summed E-state index contributed by atoms with van der Waals surface area (Å²) < 4.78 is 5.35. The number of methoxy groups -OCH3 is 1. The summed E-state index contributed by atoms with van der Waals surface area (Å²) in [6.07, 6.45) is 4.44. The summed E-state index contributed by atoms with van der Waals surface area (Å²) in [6, 6.07) is 10.1. The Hall–Kier alpha value is -1.33. The first-order chi connectivity index (χ1) is 8.80. The molecule has 0 N–H and O–H groups in total. The monoisotopic (exact) mass is 241 g/mol. The van der Waals surface area contributed by atoms with Gasteiger partial charge in [-0.3, -0.25) is 0 Å². The van der Waals surface area contributed by atoms with Crippen molar-refractivity contribution in [1.82, 2.24) is 0 Å². The Bertz CT molecular complexity index is 418. The van der Waals surface area contributed by atoms with Crippen molar-refractivity contribution in [2.45, 2.75) is 18.8 Å². The van der Waals surface area contributed by atoms with E-state index in [2.05, 4.69) is 31.5 Å². The molecule has 1 aliphatic carbocycles. The van der Waals surface area contributed by atoms with Crippen molar-refractivity contribution in [2.24, 2.45) is 11.8 Å². The number of hydrogen-bond acceptors (Lipinski definition) is 2. The Balaban J connectivity index is 2.18. The van der Waals surface area contributed by atoms with Crippen molar-refractivity contribution in [2.75, 3.05) is 13.7 Å². The molecule has 0 saturated heterocycles. The molecule has 2 radical (unpaired) electrons. The molecule has 2 heteroatoms. The summed E-state index contributed by atoms with van der Waals surface area (Å²) in [6.45, 7) is 4.82. The van der Waals surface area contributed by atoms with Crippen LogP contribution in [0.4, 0.5) is 0 Å². The van der Waals surface area contributed by atoms with Crippen LogP contribution in [-0.2, 0) is 4.74 Å². The molecule has 18 heavy (non-hydrogen) atoms. The molecule has 2 rings (SSSR count). The van der Waals surface area contributed by atoms with E-state index in [4.69, 9.17) is 10.00 Å². The van der Waals surface area contributed by atoms with Crippen LogP contribution in [0.5, 0.6) is 0 Å². The number of benzene rings is 1. The lowest BCUT2D eigenvalue weighted by Gasteiger charge is -2.23. The van der Waals surface area contributed by atoms with Gasteiger partial charge in [-0.2, -0.15) is 5.26 Å². The minimum Gasteiger partial charge on any atom is -0.384 e. The van der Waals surface area contributed by atoms with Gasteiger partial charge in [-0.1, -0.05) is 25.5 Å². The summed E-state index contributed by atoms with van der Waals surface area (Å²) >= 11 is 0. The predicted octanol–water partition coefficient (Wildman–Crippen LogP) is 3.35. The maximum absolute atomic E-state index is 8.82. The van der Waals surface area contributed by atoms with Gasteiger partial charge in [0, 0.05) is 13.7 Å². The molecule has 1 aromatic carbocycles. The van der Waals surface area contributed by atoms with E-state index in [1.54, 1.807) is 7.11 Å². The van der Waals surface area contributed by atoms with E-state index in [0.717, 1.165) is 19.4 Å². The van der Waals surface area contributed by atoms with Gasteiger partial charge in [0.1, 0.15) is 0 Å². The summed E-state index contributed by atoms with van der Waals surface area (Å²) in [5.74, 6) is 1.57. The zero-order valence-electron chi connectivity index (χ0n) is 10.8. The minimum absolute atomic E-state index is 0.435. The van der Waals surface area contributed by atoms with Crippen LogP contribution in [0, 0.1) is 36.5 Å². The molecule has 1 saturated carbocycles. The molecule has 1 fully saturated rings.